The van der Waals surface area contributed by atoms with Gasteiger partial charge in [0.2, 0.25) is 0 Å². The largest absolute Gasteiger partial charge is 0.454 e. The fraction of sp³-hybridized carbons (Fsp3) is 0.400. The summed E-state index contributed by atoms with van der Waals surface area (Å²) in [7, 11) is 0. The van der Waals surface area contributed by atoms with Crippen molar-refractivity contribution in [2.75, 3.05) is 18.5 Å². The first kappa shape index (κ1) is 19.9. The molecule has 0 radical (unpaired) electrons. The Balaban J connectivity index is 1.86. The number of halogens is 2. The summed E-state index contributed by atoms with van der Waals surface area (Å²) in [6.07, 6.45) is 1.66. The number of rotatable bonds is 6. The fourth-order valence-electron chi connectivity index (χ4n) is 2.13. The lowest BCUT2D eigenvalue weighted by Gasteiger charge is -2.18. The molecule has 0 saturated carbocycles. The van der Waals surface area contributed by atoms with E-state index in [9.17, 15) is 19.2 Å². The number of ether oxygens (including phenoxy) is 1. The van der Waals surface area contributed by atoms with Gasteiger partial charge in [0.15, 0.2) is 12.4 Å². The average molecular weight is 403 g/mol. The highest BCUT2D eigenvalue weighted by Crippen LogP contribution is 2.22. The fourth-order valence-corrected chi connectivity index (χ4v) is 2.55. The summed E-state index contributed by atoms with van der Waals surface area (Å²) < 4.78 is 4.78. The molecule has 1 aromatic heterocycles. The van der Waals surface area contributed by atoms with Crippen molar-refractivity contribution in [2.45, 2.75) is 25.8 Å². The van der Waals surface area contributed by atoms with Crippen LogP contribution in [0.3, 0.4) is 0 Å². The molecule has 0 spiro atoms. The molecule has 1 saturated heterocycles. The number of nitrogens with one attached hydrogen (secondary N) is 2. The minimum absolute atomic E-state index is 0.0601. The number of urea groups is 1. The maximum Gasteiger partial charge on any atom is 0.326 e. The van der Waals surface area contributed by atoms with Gasteiger partial charge in [0.1, 0.15) is 12.1 Å². The third-order valence-electron chi connectivity index (χ3n) is 3.77. The van der Waals surface area contributed by atoms with Gasteiger partial charge in [-0.25, -0.2) is 9.78 Å². The van der Waals surface area contributed by atoms with Gasteiger partial charge in [-0.2, -0.15) is 0 Å². The minimum atomic E-state index is -1.05. The summed E-state index contributed by atoms with van der Waals surface area (Å²) in [5.74, 6) is -2.06. The second-order valence-electron chi connectivity index (χ2n) is 5.70. The van der Waals surface area contributed by atoms with Crippen molar-refractivity contribution >= 4 is 52.8 Å². The molecule has 2 heterocycles. The molecule has 1 aliphatic heterocycles. The predicted molar refractivity (Wildman–Crippen MR) is 92.8 cm³/mol. The standard InChI is InChI=1S/C15H16Cl2N4O5/c1-3-15(2)13(24)21(14(25)20-15)6-11(23)26-7-10(22)19-12-9(17)4-8(16)5-18-12/h4-5H,3,6-7H2,1-2H3,(H,20,25)(H,18,19,22)/t15-/m1/s1. The van der Waals surface area contributed by atoms with E-state index in [0.29, 0.717) is 11.4 Å². The highest BCUT2D eigenvalue weighted by atomic mass is 35.5. The van der Waals surface area contributed by atoms with E-state index in [1.165, 1.54) is 12.3 Å². The zero-order valence-electron chi connectivity index (χ0n) is 14.0. The van der Waals surface area contributed by atoms with E-state index in [4.69, 9.17) is 27.9 Å². The maximum absolute atomic E-state index is 12.2. The van der Waals surface area contributed by atoms with Crippen LogP contribution in [-0.2, 0) is 19.1 Å². The first-order valence-corrected chi connectivity index (χ1v) is 8.32. The predicted octanol–water partition coefficient (Wildman–Crippen LogP) is 1.59. The molecule has 140 valence electrons. The lowest BCUT2D eigenvalue weighted by molar-refractivity contribution is -0.150. The van der Waals surface area contributed by atoms with Crippen molar-refractivity contribution in [1.82, 2.24) is 15.2 Å². The van der Waals surface area contributed by atoms with Gasteiger partial charge in [-0.15, -0.1) is 0 Å². The third-order valence-corrected chi connectivity index (χ3v) is 4.26. The first-order chi connectivity index (χ1) is 12.2. The average Bonchev–Trinajstić information content (AvgIpc) is 2.79. The highest BCUT2D eigenvalue weighted by molar-refractivity contribution is 6.36. The molecule has 9 nitrogen and oxygen atoms in total. The van der Waals surface area contributed by atoms with E-state index in [1.54, 1.807) is 13.8 Å². The van der Waals surface area contributed by atoms with Crippen LogP contribution in [0.25, 0.3) is 0 Å². The van der Waals surface area contributed by atoms with Crippen molar-refractivity contribution in [2.24, 2.45) is 0 Å². The van der Waals surface area contributed by atoms with E-state index >= 15 is 0 Å². The van der Waals surface area contributed by atoms with Gasteiger partial charge in [-0.1, -0.05) is 30.1 Å². The topological polar surface area (TPSA) is 118 Å². The Hall–Kier alpha value is -2.39. The molecule has 4 amide bonds. The van der Waals surface area contributed by atoms with Crippen LogP contribution in [0.1, 0.15) is 20.3 Å². The molecule has 0 aliphatic carbocycles. The molecule has 1 aromatic rings. The van der Waals surface area contributed by atoms with Crippen LogP contribution in [0.4, 0.5) is 10.6 Å². The zero-order chi connectivity index (χ0) is 19.5. The summed E-state index contributed by atoms with van der Waals surface area (Å²) in [6, 6.07) is 0.706. The van der Waals surface area contributed by atoms with Crippen molar-refractivity contribution < 1.29 is 23.9 Å². The van der Waals surface area contributed by atoms with Gasteiger partial charge in [0.25, 0.3) is 11.8 Å². The van der Waals surface area contributed by atoms with Crippen LogP contribution in [0.2, 0.25) is 10.0 Å². The van der Waals surface area contributed by atoms with Crippen LogP contribution in [-0.4, -0.2) is 52.4 Å². The van der Waals surface area contributed by atoms with E-state index in [2.05, 4.69) is 15.6 Å². The molecule has 2 N–H and O–H groups in total. The van der Waals surface area contributed by atoms with Gasteiger partial charge in [0.05, 0.1) is 10.0 Å². The minimum Gasteiger partial charge on any atom is -0.454 e. The van der Waals surface area contributed by atoms with Gasteiger partial charge in [-0.3, -0.25) is 19.3 Å². The number of anilines is 1. The van der Waals surface area contributed by atoms with Crippen LogP contribution in [0.15, 0.2) is 12.3 Å². The molecule has 1 aliphatic rings. The number of carbonyl (C=O) groups excluding carboxylic acids is 4. The Kier molecular flexibility index (Phi) is 6.04. The SMILES string of the molecule is CC[C@@]1(C)NC(=O)N(CC(=O)OCC(=O)Nc2ncc(Cl)cc2Cl)C1=O. The summed E-state index contributed by atoms with van der Waals surface area (Å²) in [5.41, 5.74) is -1.05. The molecule has 26 heavy (non-hydrogen) atoms. The van der Waals surface area contributed by atoms with E-state index < -0.39 is 42.5 Å². The Bertz CT molecular complexity index is 772. The lowest BCUT2D eigenvalue weighted by atomic mass is 9.99. The summed E-state index contributed by atoms with van der Waals surface area (Å²) in [4.78, 5) is 52.2. The van der Waals surface area contributed by atoms with Crippen LogP contribution in [0.5, 0.6) is 0 Å². The molecule has 0 aromatic carbocycles. The number of pyridine rings is 1. The molecule has 11 heteroatoms. The number of esters is 1. The van der Waals surface area contributed by atoms with E-state index in [-0.39, 0.29) is 10.8 Å². The van der Waals surface area contributed by atoms with Crippen molar-refractivity contribution in [3.63, 3.8) is 0 Å². The molecule has 0 unspecified atom stereocenters. The highest BCUT2D eigenvalue weighted by Gasteiger charge is 2.47. The number of aromatic nitrogens is 1. The van der Waals surface area contributed by atoms with Crippen molar-refractivity contribution in [1.29, 1.82) is 0 Å². The number of hydrogen-bond donors (Lipinski definition) is 2. The smallest absolute Gasteiger partial charge is 0.326 e. The third kappa shape index (κ3) is 4.41. The monoisotopic (exact) mass is 402 g/mol. The van der Waals surface area contributed by atoms with Gasteiger partial charge < -0.3 is 15.4 Å². The molecule has 1 atom stereocenters. The number of amides is 4. The van der Waals surface area contributed by atoms with E-state index in [1.807, 2.05) is 0 Å². The van der Waals surface area contributed by atoms with E-state index in [0.717, 1.165) is 4.90 Å². The summed E-state index contributed by atoms with van der Waals surface area (Å²) in [6.45, 7) is 2.08. The normalized spacial score (nSPS) is 19.3. The molecule has 0 bridgehead atoms. The molecule has 2 rings (SSSR count). The number of imide groups is 1. The second kappa shape index (κ2) is 7.88. The maximum atomic E-state index is 12.2. The van der Waals surface area contributed by atoms with Crippen molar-refractivity contribution in [3.8, 4) is 0 Å². The Morgan fingerprint density at radius 1 is 1.38 bits per heavy atom. The quantitative estimate of drug-likeness (QED) is 0.550. The number of hydrogen-bond acceptors (Lipinski definition) is 6. The molecular formula is C15H16Cl2N4O5. The molecule has 1 fully saturated rings. The zero-order valence-corrected chi connectivity index (χ0v) is 15.5. The summed E-state index contributed by atoms with van der Waals surface area (Å²) >= 11 is 11.6. The number of carbonyl (C=O) groups is 4. The Morgan fingerprint density at radius 3 is 2.65 bits per heavy atom. The van der Waals surface area contributed by atoms with Crippen LogP contribution >= 0.6 is 23.2 Å². The Labute approximate surface area is 159 Å². The van der Waals surface area contributed by atoms with Gasteiger partial charge in [0, 0.05) is 6.20 Å². The van der Waals surface area contributed by atoms with Gasteiger partial charge in [-0.05, 0) is 19.4 Å². The molecular weight excluding hydrogens is 387 g/mol. The summed E-state index contributed by atoms with van der Waals surface area (Å²) in [5, 5.41) is 5.28. The van der Waals surface area contributed by atoms with Crippen molar-refractivity contribution in [3.05, 3.63) is 22.3 Å². The van der Waals surface area contributed by atoms with Crippen LogP contribution in [0, 0.1) is 0 Å². The lowest BCUT2D eigenvalue weighted by Crippen LogP contribution is -2.43. The van der Waals surface area contributed by atoms with Crippen LogP contribution < -0.4 is 10.6 Å². The first-order valence-electron chi connectivity index (χ1n) is 7.57. The Morgan fingerprint density at radius 2 is 2.08 bits per heavy atom. The second-order valence-corrected chi connectivity index (χ2v) is 6.54. The number of nitrogens with zero attached hydrogens (tertiary/aromatic N) is 2. The van der Waals surface area contributed by atoms with Gasteiger partial charge >= 0.3 is 12.0 Å².